The van der Waals surface area contributed by atoms with Gasteiger partial charge in [-0.2, -0.15) is 0 Å². The molecule has 2 bridgehead atoms. The van der Waals surface area contributed by atoms with Crippen molar-refractivity contribution in [2.75, 3.05) is 0 Å². The standard InChI is InChI=1S/C18H18N.C11H6F2N.Ir/c1-18(2)14-8-13-9-17(12-6-4-3-5-7-12)19-11-15(13)16(18)10-14;12-8-4-5-9(10(13)7-8)11-3-1-2-6-14-11;/h3-6,9,11,14,16H,8,10H2,1-2H3;1-4,6-7H;/q2*-1;/t14-,16-;;/m0../s1. The molecule has 0 saturated heterocycles. The van der Waals surface area contributed by atoms with Crippen molar-refractivity contribution in [3.8, 4) is 22.5 Å². The van der Waals surface area contributed by atoms with Crippen molar-refractivity contribution in [2.45, 2.75) is 32.6 Å². The number of pyridine rings is 2. The van der Waals surface area contributed by atoms with Crippen LogP contribution in [-0.4, -0.2) is 9.97 Å². The van der Waals surface area contributed by atoms with Crippen LogP contribution in [0.3, 0.4) is 0 Å². The molecule has 4 aromatic rings. The van der Waals surface area contributed by atoms with Crippen LogP contribution in [0.4, 0.5) is 8.78 Å². The number of rotatable bonds is 2. The average Bonchev–Trinajstić information content (AvgIpc) is 2.84. The first-order valence-electron chi connectivity index (χ1n) is 11.2. The Morgan fingerprint density at radius 1 is 0.971 bits per heavy atom. The molecule has 2 aromatic carbocycles. The van der Waals surface area contributed by atoms with Crippen LogP contribution < -0.4 is 0 Å². The van der Waals surface area contributed by atoms with Crippen molar-refractivity contribution in [3.63, 3.8) is 0 Å². The minimum atomic E-state index is -0.649. The normalized spacial score (nSPS) is 18.9. The van der Waals surface area contributed by atoms with Gasteiger partial charge in [0.1, 0.15) is 0 Å². The van der Waals surface area contributed by atoms with Crippen LogP contribution in [-0.2, 0) is 26.5 Å². The first-order chi connectivity index (χ1) is 15.9. The van der Waals surface area contributed by atoms with Gasteiger partial charge in [0.2, 0.25) is 0 Å². The van der Waals surface area contributed by atoms with Crippen LogP contribution in [0, 0.1) is 35.1 Å². The van der Waals surface area contributed by atoms with E-state index in [9.17, 15) is 8.78 Å². The van der Waals surface area contributed by atoms with Gasteiger partial charge < -0.3 is 9.97 Å². The van der Waals surface area contributed by atoms with Crippen LogP contribution >= 0.6 is 0 Å². The van der Waals surface area contributed by atoms with Gasteiger partial charge in [0.05, 0.1) is 0 Å². The molecule has 175 valence electrons. The fourth-order valence-corrected chi connectivity index (χ4v) is 5.01. The largest absolute Gasteiger partial charge is 0.305 e. The van der Waals surface area contributed by atoms with Gasteiger partial charge in [-0.3, -0.25) is 8.78 Å². The van der Waals surface area contributed by atoms with E-state index in [0.717, 1.165) is 35.2 Å². The maximum Gasteiger partial charge on any atom is 0.0408 e. The molecule has 1 fully saturated rings. The molecule has 5 heteroatoms. The minimum Gasteiger partial charge on any atom is -0.305 e. The molecule has 34 heavy (non-hydrogen) atoms. The number of hydrogen-bond acceptors (Lipinski definition) is 2. The third kappa shape index (κ3) is 4.60. The van der Waals surface area contributed by atoms with Gasteiger partial charge in [-0.15, -0.1) is 48.0 Å². The van der Waals surface area contributed by atoms with Crippen molar-refractivity contribution in [2.24, 2.45) is 11.3 Å². The first kappa shape index (κ1) is 24.4. The zero-order chi connectivity index (χ0) is 23.0. The van der Waals surface area contributed by atoms with Crippen LogP contribution in [0.2, 0.25) is 0 Å². The summed E-state index contributed by atoms with van der Waals surface area (Å²) in [6.45, 7) is 4.82. The van der Waals surface area contributed by atoms with Crippen LogP contribution in [0.5, 0.6) is 0 Å². The van der Waals surface area contributed by atoms with Crippen molar-refractivity contribution < 1.29 is 28.9 Å². The smallest absolute Gasteiger partial charge is 0.0408 e. The van der Waals surface area contributed by atoms with E-state index in [1.807, 2.05) is 18.2 Å². The van der Waals surface area contributed by atoms with E-state index in [2.05, 4.69) is 54.3 Å². The molecule has 7 rings (SSSR count). The summed E-state index contributed by atoms with van der Waals surface area (Å²) in [5.41, 5.74) is 6.30. The number of benzene rings is 2. The van der Waals surface area contributed by atoms with Crippen LogP contribution in [0.15, 0.2) is 73.1 Å². The summed E-state index contributed by atoms with van der Waals surface area (Å²) >= 11 is 0. The van der Waals surface area contributed by atoms with Crippen molar-refractivity contribution in [1.82, 2.24) is 9.97 Å². The van der Waals surface area contributed by atoms with Crippen LogP contribution in [0.1, 0.15) is 37.3 Å². The monoisotopic (exact) mass is 631 g/mol. The van der Waals surface area contributed by atoms with E-state index in [4.69, 9.17) is 0 Å². The van der Waals surface area contributed by atoms with E-state index < -0.39 is 11.6 Å². The Morgan fingerprint density at radius 3 is 2.47 bits per heavy atom. The fourth-order valence-electron chi connectivity index (χ4n) is 5.01. The Bertz CT molecular complexity index is 1280. The molecule has 0 amide bonds. The molecule has 0 aliphatic heterocycles. The van der Waals surface area contributed by atoms with Gasteiger partial charge in [0.25, 0.3) is 0 Å². The second-order valence-corrected chi connectivity index (χ2v) is 9.31. The van der Waals surface area contributed by atoms with Gasteiger partial charge in [0.15, 0.2) is 0 Å². The molecule has 0 spiro atoms. The Morgan fingerprint density at radius 2 is 1.79 bits per heavy atom. The van der Waals surface area contributed by atoms with E-state index in [-0.39, 0.29) is 25.7 Å². The summed E-state index contributed by atoms with van der Waals surface area (Å²) < 4.78 is 25.8. The summed E-state index contributed by atoms with van der Waals surface area (Å²) in [6, 6.07) is 23.2. The van der Waals surface area contributed by atoms with E-state index in [0.29, 0.717) is 11.1 Å². The quantitative estimate of drug-likeness (QED) is 0.222. The van der Waals surface area contributed by atoms with Gasteiger partial charge in [-0.25, -0.2) is 0 Å². The summed E-state index contributed by atoms with van der Waals surface area (Å²) in [4.78, 5) is 8.62. The van der Waals surface area contributed by atoms with Crippen molar-refractivity contribution in [1.29, 1.82) is 0 Å². The van der Waals surface area contributed by atoms with E-state index in [1.165, 1.54) is 24.0 Å². The number of nitrogens with zero attached hydrogens (tertiary/aromatic N) is 2. The zero-order valence-corrected chi connectivity index (χ0v) is 21.4. The summed E-state index contributed by atoms with van der Waals surface area (Å²) in [7, 11) is 0. The topological polar surface area (TPSA) is 25.8 Å². The number of hydrogen-bond donors (Lipinski definition) is 0. The Labute approximate surface area is 212 Å². The van der Waals surface area contributed by atoms with Gasteiger partial charge in [0, 0.05) is 44.1 Å². The molecule has 3 aliphatic carbocycles. The molecule has 2 nitrogen and oxygen atoms in total. The Kier molecular flexibility index (Phi) is 7.06. The minimum absolute atomic E-state index is 0. The fraction of sp³-hybridized carbons (Fsp3) is 0.241. The van der Waals surface area contributed by atoms with E-state index in [1.54, 1.807) is 24.4 Å². The molecule has 2 aromatic heterocycles. The van der Waals surface area contributed by atoms with Gasteiger partial charge in [-0.1, -0.05) is 43.7 Å². The predicted octanol–water partition coefficient (Wildman–Crippen LogP) is 7.06. The molecule has 2 heterocycles. The molecular weight excluding hydrogens is 607 g/mol. The molecule has 0 N–H and O–H groups in total. The van der Waals surface area contributed by atoms with Gasteiger partial charge in [-0.05, 0) is 58.7 Å². The molecule has 2 atom stereocenters. The molecule has 3 aliphatic rings. The van der Waals surface area contributed by atoms with Gasteiger partial charge >= 0.3 is 0 Å². The maximum absolute atomic E-state index is 13.2. The third-order valence-electron chi connectivity index (χ3n) is 7.10. The number of aromatic nitrogens is 2. The number of halogens is 2. The predicted molar refractivity (Wildman–Crippen MR) is 125 cm³/mol. The second-order valence-electron chi connectivity index (χ2n) is 9.31. The summed E-state index contributed by atoms with van der Waals surface area (Å²) in [5, 5.41) is 0. The molecule has 1 saturated carbocycles. The zero-order valence-electron chi connectivity index (χ0n) is 19.0. The van der Waals surface area contributed by atoms with E-state index >= 15 is 0 Å². The Balaban J connectivity index is 0.000000164. The van der Waals surface area contributed by atoms with Crippen molar-refractivity contribution >= 4 is 0 Å². The van der Waals surface area contributed by atoms with Crippen molar-refractivity contribution in [3.05, 3.63) is 108 Å². The van der Waals surface area contributed by atoms with Crippen LogP contribution in [0.25, 0.3) is 22.5 Å². The third-order valence-corrected chi connectivity index (χ3v) is 7.10. The average molecular weight is 631 g/mol. The summed E-state index contributed by atoms with van der Waals surface area (Å²) in [5.74, 6) is 0.299. The SMILES string of the molecule is CC1(C)[C@H]2Cc3cc(-c4[c-]cccc4)ncc3[C@@H]1C2.Fc1c[c-]c(-c2ccccn2)c(F)c1.[Ir]. The summed E-state index contributed by atoms with van der Waals surface area (Å²) in [6.07, 6.45) is 6.25. The molecule has 1 radical (unpaired) electrons. The first-order valence-corrected chi connectivity index (χ1v) is 11.2. The maximum atomic E-state index is 13.2. The second kappa shape index (κ2) is 9.85. The molecular formula is C29H24F2IrN2-2. The molecule has 0 unspecified atom stereocenters. The Hall–Kier alpha value is -2.75.